The Bertz CT molecular complexity index is 756. The number of nitrogens with zero attached hydrogens (tertiary/aromatic N) is 2. The Morgan fingerprint density at radius 3 is 2.73 bits per heavy atom. The van der Waals surface area contributed by atoms with E-state index < -0.39 is 0 Å². The smallest absolute Gasteiger partial charge is 0.261 e. The second-order valence-corrected chi connectivity index (χ2v) is 7.05. The summed E-state index contributed by atoms with van der Waals surface area (Å²) in [5.41, 5.74) is 2.01. The van der Waals surface area contributed by atoms with E-state index in [9.17, 15) is 4.79 Å². The number of hydrogen-bond donors (Lipinski definition) is 0. The lowest BCUT2D eigenvalue weighted by molar-refractivity contribution is 0.242. The molecule has 2 rings (SSSR count). The molecule has 0 aliphatic carbocycles. The largest absolute Gasteiger partial charge is 0.486 e. The van der Waals surface area contributed by atoms with Gasteiger partial charge in [0.15, 0.2) is 11.4 Å². The number of aryl methyl sites for hydroxylation is 1. The molecule has 0 radical (unpaired) electrons. The molecule has 0 saturated heterocycles. The molecule has 0 spiro atoms. The second-order valence-electron chi connectivity index (χ2n) is 5.56. The summed E-state index contributed by atoms with van der Waals surface area (Å²) in [4.78, 5) is 17.4. The van der Waals surface area contributed by atoms with Crippen molar-refractivity contribution in [2.24, 2.45) is 0 Å². The molecule has 4 nitrogen and oxygen atoms in total. The Balaban J connectivity index is 2.76. The predicted octanol–water partition coefficient (Wildman–Crippen LogP) is 4.39. The highest BCUT2D eigenvalue weighted by Crippen LogP contribution is 2.32. The van der Waals surface area contributed by atoms with Crippen molar-refractivity contribution in [1.29, 1.82) is 0 Å². The lowest BCUT2D eigenvalue weighted by Crippen LogP contribution is -2.23. The molecule has 0 amide bonds. The van der Waals surface area contributed by atoms with Crippen molar-refractivity contribution in [3.63, 3.8) is 0 Å². The van der Waals surface area contributed by atoms with Crippen LogP contribution in [0, 0.1) is 10.5 Å². The summed E-state index contributed by atoms with van der Waals surface area (Å²) in [7, 11) is 0. The minimum absolute atomic E-state index is 0.0206. The molecule has 0 unspecified atom stereocenters. The van der Waals surface area contributed by atoms with Crippen molar-refractivity contribution in [1.82, 2.24) is 9.38 Å². The Labute approximate surface area is 149 Å². The van der Waals surface area contributed by atoms with Gasteiger partial charge in [-0.1, -0.05) is 24.9 Å². The van der Waals surface area contributed by atoms with Crippen molar-refractivity contribution < 1.29 is 4.74 Å². The second kappa shape index (κ2) is 7.17. The molecular formula is C16H20ClIN2O2. The molecule has 0 saturated carbocycles. The average Bonchev–Trinajstić information content (AvgIpc) is 2.45. The molecule has 6 heteroatoms. The van der Waals surface area contributed by atoms with Crippen molar-refractivity contribution in [2.75, 3.05) is 0 Å². The van der Waals surface area contributed by atoms with Gasteiger partial charge in [-0.2, -0.15) is 0 Å². The number of unbranched alkanes of at least 4 members (excludes halogenated alkanes) is 1. The van der Waals surface area contributed by atoms with E-state index in [1.54, 1.807) is 6.20 Å². The first kappa shape index (κ1) is 17.5. The summed E-state index contributed by atoms with van der Waals surface area (Å²) < 4.78 is 8.15. The van der Waals surface area contributed by atoms with E-state index in [1.807, 2.05) is 20.8 Å². The molecule has 0 atom stereocenters. The van der Waals surface area contributed by atoms with Crippen LogP contribution in [0.1, 0.15) is 44.9 Å². The first-order chi connectivity index (χ1) is 10.4. The molecule has 120 valence electrons. The van der Waals surface area contributed by atoms with E-state index in [-0.39, 0.29) is 11.7 Å². The van der Waals surface area contributed by atoms with E-state index in [4.69, 9.17) is 16.3 Å². The summed E-state index contributed by atoms with van der Waals surface area (Å²) >= 11 is 8.40. The topological polar surface area (TPSA) is 43.6 Å². The molecule has 0 aromatic carbocycles. The third-order valence-corrected chi connectivity index (χ3v) is 5.08. The fourth-order valence-electron chi connectivity index (χ4n) is 2.31. The van der Waals surface area contributed by atoms with Gasteiger partial charge in [0.2, 0.25) is 0 Å². The van der Waals surface area contributed by atoms with Crippen LogP contribution >= 0.6 is 34.2 Å². The lowest BCUT2D eigenvalue weighted by Gasteiger charge is -2.16. The Hall–Kier alpha value is -0.820. The van der Waals surface area contributed by atoms with Gasteiger partial charge in [-0.3, -0.25) is 9.20 Å². The average molecular weight is 435 g/mol. The number of hydrogen-bond acceptors (Lipinski definition) is 3. The van der Waals surface area contributed by atoms with E-state index in [2.05, 4.69) is 34.5 Å². The van der Waals surface area contributed by atoms with Gasteiger partial charge in [0, 0.05) is 17.5 Å². The number of halogens is 2. The summed E-state index contributed by atoms with van der Waals surface area (Å²) in [5.74, 6) is 0.574. The van der Waals surface area contributed by atoms with Gasteiger partial charge in [-0.15, -0.1) is 0 Å². The fraction of sp³-hybridized carbons (Fsp3) is 0.500. The van der Waals surface area contributed by atoms with Crippen LogP contribution in [-0.2, 0) is 6.42 Å². The van der Waals surface area contributed by atoms with Crippen molar-refractivity contribution in [2.45, 2.75) is 53.1 Å². The van der Waals surface area contributed by atoms with Gasteiger partial charge in [0.1, 0.15) is 0 Å². The first-order valence-electron chi connectivity index (χ1n) is 7.43. The summed E-state index contributed by atoms with van der Waals surface area (Å²) in [6.07, 6.45) is 4.36. The van der Waals surface area contributed by atoms with E-state index in [0.717, 1.165) is 34.1 Å². The van der Waals surface area contributed by atoms with Crippen LogP contribution in [-0.4, -0.2) is 15.5 Å². The summed E-state index contributed by atoms with van der Waals surface area (Å²) in [5, 5.41) is 0.498. The number of aromatic nitrogens is 2. The Morgan fingerprint density at radius 1 is 1.45 bits per heavy atom. The lowest BCUT2D eigenvalue weighted by atomic mass is 10.1. The van der Waals surface area contributed by atoms with E-state index >= 15 is 0 Å². The quantitative estimate of drug-likeness (QED) is 0.656. The standard InChI is InChI=1S/C16H20ClIN2O2/c1-5-6-7-11-10(4)19-15-14(22-9(2)3)13(18)12(17)8-20(15)16(11)21/h8-9H,5-7H2,1-4H3. The molecule has 0 fully saturated rings. The third kappa shape index (κ3) is 3.40. The zero-order chi connectivity index (χ0) is 16.4. The molecule has 2 aromatic heterocycles. The minimum atomic E-state index is -0.0529. The molecular weight excluding hydrogens is 415 g/mol. The zero-order valence-corrected chi connectivity index (χ0v) is 16.2. The first-order valence-corrected chi connectivity index (χ1v) is 8.89. The SMILES string of the molecule is CCCCc1c(C)nc2c(OC(C)C)c(I)c(Cl)cn2c1=O. The molecule has 22 heavy (non-hydrogen) atoms. The van der Waals surface area contributed by atoms with Crippen LogP contribution in [0.3, 0.4) is 0 Å². The van der Waals surface area contributed by atoms with Gasteiger partial charge in [-0.05, 0) is 56.2 Å². The molecule has 0 aliphatic rings. The monoisotopic (exact) mass is 434 g/mol. The molecule has 0 N–H and O–H groups in total. The maximum absolute atomic E-state index is 12.8. The van der Waals surface area contributed by atoms with Gasteiger partial charge in [0.25, 0.3) is 5.56 Å². The van der Waals surface area contributed by atoms with Crippen LogP contribution in [0.5, 0.6) is 5.75 Å². The number of pyridine rings is 1. The number of fused-ring (bicyclic) bond motifs is 1. The number of rotatable bonds is 5. The van der Waals surface area contributed by atoms with E-state index in [1.165, 1.54) is 4.40 Å². The highest BCUT2D eigenvalue weighted by atomic mass is 127. The normalized spacial score (nSPS) is 11.4. The molecule has 2 aromatic rings. The van der Waals surface area contributed by atoms with Crippen LogP contribution in [0.4, 0.5) is 0 Å². The van der Waals surface area contributed by atoms with Gasteiger partial charge in [-0.25, -0.2) is 4.98 Å². The van der Waals surface area contributed by atoms with Gasteiger partial charge >= 0.3 is 0 Å². The maximum Gasteiger partial charge on any atom is 0.261 e. The van der Waals surface area contributed by atoms with Crippen molar-refractivity contribution in [3.8, 4) is 5.75 Å². The zero-order valence-electron chi connectivity index (χ0n) is 13.2. The molecule has 0 bridgehead atoms. The maximum atomic E-state index is 12.8. The van der Waals surface area contributed by atoms with Gasteiger partial charge in [0.05, 0.1) is 14.7 Å². The van der Waals surface area contributed by atoms with E-state index in [0.29, 0.717) is 16.4 Å². The minimum Gasteiger partial charge on any atom is -0.486 e. The van der Waals surface area contributed by atoms with Crippen molar-refractivity contribution >= 4 is 39.8 Å². The van der Waals surface area contributed by atoms with Crippen LogP contribution < -0.4 is 10.3 Å². The number of ether oxygens (including phenoxy) is 1. The highest BCUT2D eigenvalue weighted by Gasteiger charge is 2.18. The predicted molar refractivity (Wildman–Crippen MR) is 98.3 cm³/mol. The fourth-order valence-corrected chi connectivity index (χ4v) is 3.01. The Kier molecular flexibility index (Phi) is 5.71. The van der Waals surface area contributed by atoms with Gasteiger partial charge < -0.3 is 4.74 Å². The van der Waals surface area contributed by atoms with Crippen LogP contribution in [0.25, 0.3) is 5.65 Å². The molecule has 2 heterocycles. The summed E-state index contributed by atoms with van der Waals surface area (Å²) in [6.45, 7) is 7.87. The third-order valence-electron chi connectivity index (χ3n) is 3.40. The highest BCUT2D eigenvalue weighted by molar-refractivity contribution is 14.1. The Morgan fingerprint density at radius 2 is 2.14 bits per heavy atom. The molecule has 0 aliphatic heterocycles. The van der Waals surface area contributed by atoms with Crippen LogP contribution in [0.15, 0.2) is 11.0 Å². The van der Waals surface area contributed by atoms with Crippen molar-refractivity contribution in [3.05, 3.63) is 36.4 Å². The van der Waals surface area contributed by atoms with Crippen LogP contribution in [0.2, 0.25) is 5.02 Å². The summed E-state index contributed by atoms with van der Waals surface area (Å²) in [6, 6.07) is 0.